The van der Waals surface area contributed by atoms with Crippen molar-refractivity contribution in [2.75, 3.05) is 45.6 Å². The largest absolute Gasteiger partial charge is 0.338 e. The van der Waals surface area contributed by atoms with Crippen LogP contribution in [-0.2, 0) is 16.0 Å². The first-order chi connectivity index (χ1) is 23.0. The van der Waals surface area contributed by atoms with Gasteiger partial charge in [-0.3, -0.25) is 14.4 Å². The summed E-state index contributed by atoms with van der Waals surface area (Å²) in [5.41, 5.74) is 0.923. The molecule has 3 atom stereocenters. The summed E-state index contributed by atoms with van der Waals surface area (Å²) in [6, 6.07) is 2.50. The first-order valence-electron chi connectivity index (χ1n) is 17.3. The quantitative estimate of drug-likeness (QED) is 0.295. The molecule has 0 bridgehead atoms. The van der Waals surface area contributed by atoms with E-state index in [1.807, 2.05) is 14.0 Å². The number of nitrogens with zero attached hydrogens (tertiary/aromatic N) is 5. The molecule has 3 N–H and O–H groups in total. The summed E-state index contributed by atoms with van der Waals surface area (Å²) < 4.78 is 20.6. The van der Waals surface area contributed by atoms with Gasteiger partial charge in [-0.05, 0) is 92.6 Å². The lowest BCUT2D eigenvalue weighted by molar-refractivity contribution is -0.135. The van der Waals surface area contributed by atoms with Gasteiger partial charge in [0.25, 0.3) is 5.91 Å². The zero-order valence-corrected chi connectivity index (χ0v) is 28.2. The molecule has 5 amide bonds. The molecule has 1 saturated heterocycles. The van der Waals surface area contributed by atoms with E-state index in [-0.39, 0.29) is 35.3 Å². The Balaban J connectivity index is 1.19. The number of anilines is 1. The number of aryl methyl sites for hydroxylation is 1. The number of aromatic nitrogens is 2. The van der Waals surface area contributed by atoms with E-state index in [4.69, 9.17) is 4.63 Å². The molecule has 260 valence electrons. The van der Waals surface area contributed by atoms with Gasteiger partial charge in [0, 0.05) is 45.2 Å². The fraction of sp³-hybridized carbons (Fsp3) is 0.647. The van der Waals surface area contributed by atoms with Gasteiger partial charge in [0.05, 0.1) is 5.69 Å². The molecule has 3 aliphatic carbocycles. The van der Waals surface area contributed by atoms with Crippen LogP contribution in [0.3, 0.4) is 0 Å². The maximum atomic E-state index is 15.8. The van der Waals surface area contributed by atoms with Gasteiger partial charge in [-0.2, -0.15) is 0 Å². The average Bonchev–Trinajstić information content (AvgIpc) is 3.94. The summed E-state index contributed by atoms with van der Waals surface area (Å²) in [6.45, 7) is 6.17. The van der Waals surface area contributed by atoms with E-state index in [9.17, 15) is 19.2 Å². The van der Waals surface area contributed by atoms with E-state index < -0.39 is 35.6 Å². The Kier molecular flexibility index (Phi) is 10.00. The highest BCUT2D eigenvalue weighted by Crippen LogP contribution is 2.51. The van der Waals surface area contributed by atoms with Crippen molar-refractivity contribution in [3.63, 3.8) is 0 Å². The topological polar surface area (TPSA) is 153 Å². The molecule has 1 aliphatic heterocycles. The Morgan fingerprint density at radius 3 is 2.23 bits per heavy atom. The van der Waals surface area contributed by atoms with Gasteiger partial charge < -0.3 is 30.7 Å². The molecule has 0 spiro atoms. The monoisotopic (exact) mass is 666 g/mol. The van der Waals surface area contributed by atoms with E-state index in [1.54, 1.807) is 29.8 Å². The maximum absolute atomic E-state index is 15.8. The Morgan fingerprint density at radius 1 is 0.979 bits per heavy atom. The number of halogens is 1. The van der Waals surface area contributed by atoms with Crippen molar-refractivity contribution in [2.45, 2.75) is 82.8 Å². The molecule has 1 aromatic heterocycles. The Labute approximate surface area is 280 Å². The Hall–Kier alpha value is -4.07. The van der Waals surface area contributed by atoms with E-state index in [1.165, 1.54) is 12.1 Å². The predicted molar refractivity (Wildman–Crippen MR) is 174 cm³/mol. The van der Waals surface area contributed by atoms with Crippen LogP contribution in [0.1, 0.15) is 80.0 Å². The number of hydrogen-bond donors (Lipinski definition) is 3. The third-order valence-corrected chi connectivity index (χ3v) is 10.4. The molecule has 2 aromatic rings. The second-order valence-electron chi connectivity index (χ2n) is 14.0. The smallest absolute Gasteiger partial charge is 0.318 e. The zero-order chi connectivity index (χ0) is 34.1. The van der Waals surface area contributed by atoms with Crippen LogP contribution in [0.5, 0.6) is 0 Å². The summed E-state index contributed by atoms with van der Waals surface area (Å²) in [6.07, 6.45) is 6.22. The van der Waals surface area contributed by atoms with Crippen molar-refractivity contribution in [3.8, 4) is 0 Å². The van der Waals surface area contributed by atoms with Crippen LogP contribution in [0.15, 0.2) is 22.8 Å². The molecule has 6 rings (SSSR count). The molecule has 0 unspecified atom stereocenters. The van der Waals surface area contributed by atoms with Crippen molar-refractivity contribution < 1.29 is 28.2 Å². The van der Waals surface area contributed by atoms with Gasteiger partial charge in [-0.25, -0.2) is 13.8 Å². The molecule has 48 heavy (non-hydrogen) atoms. The number of rotatable bonds is 13. The van der Waals surface area contributed by atoms with Gasteiger partial charge in [0.1, 0.15) is 23.6 Å². The minimum Gasteiger partial charge on any atom is -0.338 e. The van der Waals surface area contributed by atoms with Crippen molar-refractivity contribution in [1.82, 2.24) is 35.6 Å². The number of piperazine rings is 1. The number of nitrogens with one attached hydrogen (secondary N) is 3. The molecule has 3 saturated carbocycles. The van der Waals surface area contributed by atoms with Gasteiger partial charge in [-0.15, -0.1) is 0 Å². The second-order valence-corrected chi connectivity index (χ2v) is 14.0. The van der Waals surface area contributed by atoms with Gasteiger partial charge in [-0.1, -0.05) is 25.1 Å². The number of hydrogen-bond acceptors (Lipinski definition) is 8. The molecule has 4 fully saturated rings. The number of carbonyl (C=O) groups is 4. The van der Waals surface area contributed by atoms with E-state index in [2.05, 4.69) is 31.2 Å². The fourth-order valence-electron chi connectivity index (χ4n) is 6.85. The standard InChI is InChI=1S/C34H47FN8O5/c1-5-25-29(40-48-39-25)31(44)37-30(27(20-6-7-20)21-8-9-21)32(45)36-26-13-10-22(18-24(26)35)19(2)28(38-34(47)42(4)23-11-12-23)33(46)43-16-14-41(3)15-17-43/h10,13,18-21,23,27-28,30H,5-9,11-12,14-17H2,1-4H3,(H,36,45)(H,37,44)(H,38,47)/t19-,28+,30-/m0/s1. The first-order valence-corrected chi connectivity index (χ1v) is 17.3. The Morgan fingerprint density at radius 2 is 1.65 bits per heavy atom. The van der Waals surface area contributed by atoms with E-state index >= 15 is 4.39 Å². The van der Waals surface area contributed by atoms with Crippen molar-refractivity contribution in [3.05, 3.63) is 41.0 Å². The highest BCUT2D eigenvalue weighted by atomic mass is 19.1. The lowest BCUT2D eigenvalue weighted by atomic mass is 9.88. The number of amides is 5. The van der Waals surface area contributed by atoms with Crippen molar-refractivity contribution in [2.24, 2.45) is 17.8 Å². The minimum absolute atomic E-state index is 0.0302. The van der Waals surface area contributed by atoms with Gasteiger partial charge >= 0.3 is 6.03 Å². The summed E-state index contributed by atoms with van der Waals surface area (Å²) in [5, 5.41) is 16.1. The third kappa shape index (κ3) is 7.63. The first kappa shape index (κ1) is 33.8. The maximum Gasteiger partial charge on any atom is 0.318 e. The third-order valence-electron chi connectivity index (χ3n) is 10.4. The highest BCUT2D eigenvalue weighted by Gasteiger charge is 2.48. The normalized spacial score (nSPS) is 20.2. The number of benzene rings is 1. The van der Waals surface area contributed by atoms with Crippen LogP contribution >= 0.6 is 0 Å². The second kappa shape index (κ2) is 14.2. The van der Waals surface area contributed by atoms with Crippen LogP contribution in [0.25, 0.3) is 0 Å². The number of carbonyl (C=O) groups excluding carboxylic acids is 4. The van der Waals surface area contributed by atoms with Crippen molar-refractivity contribution >= 4 is 29.4 Å². The van der Waals surface area contributed by atoms with Crippen molar-refractivity contribution in [1.29, 1.82) is 0 Å². The van der Waals surface area contributed by atoms with Crippen LogP contribution < -0.4 is 16.0 Å². The minimum atomic E-state index is -0.904. The lowest BCUT2D eigenvalue weighted by Gasteiger charge is -2.37. The molecule has 1 aromatic carbocycles. The van der Waals surface area contributed by atoms with E-state index in [0.29, 0.717) is 42.6 Å². The average molecular weight is 667 g/mol. The molecule has 14 heteroatoms. The van der Waals surface area contributed by atoms with E-state index in [0.717, 1.165) is 51.6 Å². The summed E-state index contributed by atoms with van der Waals surface area (Å²) in [4.78, 5) is 59.5. The molecule has 13 nitrogen and oxygen atoms in total. The Bertz CT molecular complexity index is 1500. The fourth-order valence-corrected chi connectivity index (χ4v) is 6.85. The van der Waals surface area contributed by atoms with Crippen LogP contribution in [0.4, 0.5) is 14.9 Å². The summed E-state index contributed by atoms with van der Waals surface area (Å²) >= 11 is 0. The molecule has 2 heterocycles. The van der Waals surface area contributed by atoms with Gasteiger partial charge in [0.15, 0.2) is 5.69 Å². The van der Waals surface area contributed by atoms with Gasteiger partial charge in [0.2, 0.25) is 11.8 Å². The molecular weight excluding hydrogens is 619 g/mol. The molecule has 4 aliphatic rings. The molecular formula is C34H47FN8O5. The van der Waals surface area contributed by atoms with Crippen LogP contribution in [-0.4, -0.2) is 107 Å². The number of urea groups is 1. The van der Waals surface area contributed by atoms with Crippen LogP contribution in [0, 0.1) is 23.6 Å². The SMILES string of the molecule is CCc1nonc1C(=O)N[C@H](C(=O)Nc1ccc([C@H](C)[C@@H](NC(=O)N(C)C2CC2)C(=O)N2CCN(C)CC2)cc1F)C(C1CC1)C1CC1. The zero-order valence-electron chi connectivity index (χ0n) is 28.2. The molecule has 0 radical (unpaired) electrons. The predicted octanol–water partition coefficient (Wildman–Crippen LogP) is 2.99. The van der Waals surface area contributed by atoms with Crippen LogP contribution in [0.2, 0.25) is 0 Å². The summed E-state index contributed by atoms with van der Waals surface area (Å²) in [5.74, 6) is -1.93. The highest BCUT2D eigenvalue weighted by molar-refractivity contribution is 6.01. The lowest BCUT2D eigenvalue weighted by Crippen LogP contribution is -2.57. The summed E-state index contributed by atoms with van der Waals surface area (Å²) in [7, 11) is 3.73. The number of likely N-dealkylation sites (N-methyl/N-ethyl adjacent to an activating group) is 1.